The molecule has 1 aliphatic heterocycles. The lowest BCUT2D eigenvalue weighted by atomic mass is 9.47. The fraction of sp³-hybridized carbons (Fsp3) is 0.407. The minimum Gasteiger partial charge on any atom is -0.472 e. The number of ketones is 1. The van der Waals surface area contributed by atoms with Crippen LogP contribution in [0.4, 0.5) is 5.69 Å². The summed E-state index contributed by atoms with van der Waals surface area (Å²) >= 11 is 0. The van der Waals surface area contributed by atoms with E-state index in [2.05, 4.69) is 0 Å². The number of allylic oxidation sites excluding steroid dienone is 1. The molecule has 0 bridgehead atoms. The zero-order valence-electron chi connectivity index (χ0n) is 21.2. The number of fused-ring (bicyclic) bond motifs is 3. The highest BCUT2D eigenvalue weighted by molar-refractivity contribution is 6.04. The number of nitrogens with zero attached hydrogens (tertiary/aromatic N) is 1. The van der Waals surface area contributed by atoms with Crippen molar-refractivity contribution >= 4 is 29.4 Å². The van der Waals surface area contributed by atoms with Crippen molar-refractivity contribution in [3.05, 3.63) is 75.9 Å². The normalized spacial score (nSPS) is 31.7. The average molecular weight is 539 g/mol. The van der Waals surface area contributed by atoms with E-state index < -0.39 is 69.2 Å². The van der Waals surface area contributed by atoms with Crippen molar-refractivity contribution in [1.29, 1.82) is 0 Å². The van der Waals surface area contributed by atoms with Crippen LogP contribution < -0.4 is 5.73 Å². The largest absolute Gasteiger partial charge is 0.472 e. The third kappa shape index (κ3) is 4.20. The number of methoxy groups -OCH3 is 1. The maximum Gasteiger partial charge on any atom is 0.343 e. The summed E-state index contributed by atoms with van der Waals surface area (Å²) in [6.45, 7) is 1.77. The Balaban J connectivity index is 1.54. The van der Waals surface area contributed by atoms with Crippen molar-refractivity contribution in [2.75, 3.05) is 7.11 Å². The number of nitro benzene ring substituents is 1. The van der Waals surface area contributed by atoms with Gasteiger partial charge in [0.1, 0.15) is 6.10 Å². The molecule has 0 unspecified atom stereocenters. The number of esters is 3. The smallest absolute Gasteiger partial charge is 0.343 e. The second-order valence-corrected chi connectivity index (χ2v) is 10.4. The number of non-ortho nitro benzene ring substituents is 1. The third-order valence-corrected chi connectivity index (χ3v) is 8.32. The Hall–Kier alpha value is -4.32. The number of ether oxygens (including phenoxy) is 3. The second-order valence-electron chi connectivity index (χ2n) is 10.4. The van der Waals surface area contributed by atoms with Crippen LogP contribution in [-0.2, 0) is 28.6 Å². The van der Waals surface area contributed by atoms with E-state index in [1.54, 1.807) is 13.0 Å². The highest BCUT2D eigenvalue weighted by atomic mass is 16.6. The molecule has 204 valence electrons. The van der Waals surface area contributed by atoms with Gasteiger partial charge in [-0.05, 0) is 49.0 Å². The monoisotopic (exact) mass is 538 g/mol. The van der Waals surface area contributed by atoms with Crippen molar-refractivity contribution in [2.45, 2.75) is 37.8 Å². The average Bonchev–Trinajstić information content (AvgIpc) is 3.44. The van der Waals surface area contributed by atoms with Gasteiger partial charge in [-0.1, -0.05) is 6.92 Å². The summed E-state index contributed by atoms with van der Waals surface area (Å²) in [6.07, 6.45) is 4.05. The van der Waals surface area contributed by atoms with E-state index in [1.807, 2.05) is 0 Å². The van der Waals surface area contributed by atoms with E-state index in [4.69, 9.17) is 24.4 Å². The quantitative estimate of drug-likeness (QED) is 0.256. The molecule has 0 radical (unpaired) electrons. The molecular weight excluding hydrogens is 512 g/mol. The molecule has 0 spiro atoms. The number of Topliss-reactive ketones (excluding diaryl/α,β-unsaturated/α-hetero) is 1. The number of nitrogens with two attached hydrogens (primary N) is 1. The van der Waals surface area contributed by atoms with Crippen molar-refractivity contribution < 1.29 is 42.7 Å². The van der Waals surface area contributed by atoms with Crippen molar-refractivity contribution in [2.24, 2.45) is 28.9 Å². The summed E-state index contributed by atoms with van der Waals surface area (Å²) in [5.74, 6) is -6.11. The van der Waals surface area contributed by atoms with E-state index in [9.17, 15) is 29.3 Å². The van der Waals surface area contributed by atoms with E-state index >= 15 is 0 Å². The Morgan fingerprint density at radius 3 is 2.51 bits per heavy atom. The molecule has 12 heteroatoms. The highest BCUT2D eigenvalue weighted by Crippen LogP contribution is 2.60. The van der Waals surface area contributed by atoms with E-state index in [0.29, 0.717) is 5.56 Å². The first-order valence-corrected chi connectivity index (χ1v) is 12.3. The molecule has 1 saturated carbocycles. The van der Waals surface area contributed by atoms with Crippen molar-refractivity contribution in [1.82, 2.24) is 0 Å². The van der Waals surface area contributed by atoms with Gasteiger partial charge in [0, 0.05) is 23.2 Å². The van der Waals surface area contributed by atoms with Gasteiger partial charge in [0.05, 0.1) is 47.9 Å². The maximum atomic E-state index is 14.1. The van der Waals surface area contributed by atoms with Crippen LogP contribution in [0.5, 0.6) is 0 Å². The predicted octanol–water partition coefficient (Wildman–Crippen LogP) is 3.02. The van der Waals surface area contributed by atoms with Gasteiger partial charge in [-0.15, -0.1) is 0 Å². The van der Waals surface area contributed by atoms with Gasteiger partial charge in [0.25, 0.3) is 5.69 Å². The fourth-order valence-electron chi connectivity index (χ4n) is 6.42. The van der Waals surface area contributed by atoms with Crippen molar-refractivity contribution in [3.8, 4) is 0 Å². The topological polar surface area (TPSA) is 178 Å². The molecule has 1 aromatic carbocycles. The van der Waals surface area contributed by atoms with Gasteiger partial charge in [-0.3, -0.25) is 24.5 Å². The van der Waals surface area contributed by atoms with Crippen LogP contribution >= 0.6 is 0 Å². The molecular formula is C27H26N2O10. The van der Waals surface area contributed by atoms with Crippen LogP contribution in [0.25, 0.3) is 0 Å². The Bertz CT molecular complexity index is 1380. The zero-order chi connectivity index (χ0) is 28.1. The minimum atomic E-state index is -1.42. The van der Waals surface area contributed by atoms with Crippen LogP contribution in [0.1, 0.15) is 48.2 Å². The first-order valence-electron chi connectivity index (χ1n) is 12.3. The second kappa shape index (κ2) is 9.45. The van der Waals surface area contributed by atoms with Gasteiger partial charge in [0.15, 0.2) is 5.76 Å². The Morgan fingerprint density at radius 2 is 1.90 bits per heavy atom. The lowest BCUT2D eigenvalue weighted by molar-refractivity contribution is -0.384. The summed E-state index contributed by atoms with van der Waals surface area (Å²) in [4.78, 5) is 63.4. The number of hydrogen-bond donors (Lipinski definition) is 1. The molecule has 12 nitrogen and oxygen atoms in total. The van der Waals surface area contributed by atoms with E-state index in [0.717, 1.165) is 12.1 Å². The first-order chi connectivity index (χ1) is 18.5. The molecule has 2 aromatic rings. The van der Waals surface area contributed by atoms with Crippen LogP contribution in [0, 0.1) is 33.3 Å². The summed E-state index contributed by atoms with van der Waals surface area (Å²) in [6, 6.07) is 6.32. The molecule has 2 N–H and O–H groups in total. The third-order valence-electron chi connectivity index (χ3n) is 8.32. The first kappa shape index (κ1) is 26.3. The van der Waals surface area contributed by atoms with E-state index in [-0.39, 0.29) is 30.5 Å². The lowest BCUT2D eigenvalue weighted by Gasteiger charge is -2.59. The molecule has 1 aromatic heterocycles. The molecule has 39 heavy (non-hydrogen) atoms. The molecule has 6 atom stereocenters. The van der Waals surface area contributed by atoms with E-state index in [1.165, 1.54) is 37.8 Å². The van der Waals surface area contributed by atoms with Crippen molar-refractivity contribution in [3.63, 3.8) is 0 Å². The standard InChI is InChI=1S/C27H26N2O10/c1-26-12-20(15-8-10-37-13-15)39-25(33)17(26)7-9-27(28)18(24(32)36-2)11-19(21(30)22(26)27)38-23(31)14-3-5-16(6-4-14)29(34)35/h3-6,8,10-11,13,17-18,20,22H,7,9,12,28H2,1-2H3/t17-,18-,20-,22+,26-,27+/m0/s1. The summed E-state index contributed by atoms with van der Waals surface area (Å²) in [5, 5.41) is 10.9. The van der Waals surface area contributed by atoms with Crippen LogP contribution in [-0.4, -0.2) is 41.3 Å². The highest BCUT2D eigenvalue weighted by Gasteiger charge is 2.67. The predicted molar refractivity (Wildman–Crippen MR) is 131 cm³/mol. The molecule has 2 heterocycles. The number of benzene rings is 1. The van der Waals surface area contributed by atoms with Crippen LogP contribution in [0.2, 0.25) is 0 Å². The van der Waals surface area contributed by atoms with Crippen LogP contribution in [0.15, 0.2) is 59.1 Å². The summed E-state index contributed by atoms with van der Waals surface area (Å²) in [5.41, 5.74) is 4.75. The molecule has 2 aliphatic carbocycles. The Kier molecular flexibility index (Phi) is 6.37. The summed E-state index contributed by atoms with van der Waals surface area (Å²) in [7, 11) is 1.19. The number of carbonyl (C=O) groups excluding carboxylic acids is 4. The molecule has 3 aliphatic rings. The fourth-order valence-corrected chi connectivity index (χ4v) is 6.42. The lowest BCUT2D eigenvalue weighted by Crippen LogP contribution is -2.70. The molecule has 0 amide bonds. The molecule has 2 fully saturated rings. The zero-order valence-corrected chi connectivity index (χ0v) is 21.2. The maximum absolute atomic E-state index is 14.1. The molecule has 5 rings (SSSR count). The minimum absolute atomic E-state index is 0.0394. The SMILES string of the molecule is COC(=O)[C@@H]1C=C(OC(=O)c2ccc([N+](=O)[O-])cc2)C(=O)[C@@H]2[C@@]3(C)C[C@@H](c4ccoc4)OC(=O)[C@@H]3CC[C@]21N. The number of cyclic esters (lactones) is 1. The summed E-state index contributed by atoms with van der Waals surface area (Å²) < 4.78 is 21.3. The number of furan rings is 1. The van der Waals surface area contributed by atoms with Crippen LogP contribution in [0.3, 0.4) is 0 Å². The molecule has 1 saturated heterocycles. The number of nitro groups is 1. The number of rotatable bonds is 5. The Morgan fingerprint density at radius 1 is 1.18 bits per heavy atom. The Labute approximate surface area is 222 Å². The van der Waals surface area contributed by atoms with Gasteiger partial charge < -0.3 is 24.4 Å². The number of carbonyl (C=O) groups is 4. The van der Waals surface area contributed by atoms with Gasteiger partial charge in [-0.2, -0.15) is 0 Å². The number of hydrogen-bond acceptors (Lipinski definition) is 11. The van der Waals surface area contributed by atoms with Gasteiger partial charge in [-0.25, -0.2) is 4.79 Å². The van der Waals surface area contributed by atoms with Gasteiger partial charge >= 0.3 is 17.9 Å². The van der Waals surface area contributed by atoms with Gasteiger partial charge in [0.2, 0.25) is 5.78 Å².